The molecule has 0 spiro atoms. The van der Waals surface area contributed by atoms with Crippen molar-refractivity contribution in [3.05, 3.63) is 39.6 Å². The van der Waals surface area contributed by atoms with E-state index in [0.29, 0.717) is 30.8 Å². The molecule has 0 saturated carbocycles. The number of ether oxygens (including phenoxy) is 1. The van der Waals surface area contributed by atoms with Crippen LogP contribution in [0.25, 0.3) is 0 Å². The molecule has 3 heterocycles. The number of fused-ring (bicyclic) bond motifs is 1. The molecule has 3 N–H and O–H groups in total. The predicted octanol–water partition coefficient (Wildman–Crippen LogP) is 1.93. The minimum absolute atomic E-state index is 0.0207. The highest BCUT2D eigenvalue weighted by atomic mass is 32.1. The van der Waals surface area contributed by atoms with Crippen LogP contribution in [0.5, 0.6) is 0 Å². The Bertz CT molecular complexity index is 914. The molecule has 1 saturated heterocycles. The molecule has 0 bridgehead atoms. The van der Waals surface area contributed by atoms with Gasteiger partial charge >= 0.3 is 12.6 Å². The number of rotatable bonds is 9. The van der Waals surface area contributed by atoms with Crippen molar-refractivity contribution >= 4 is 35.8 Å². The number of allylic oxidation sites excluding steroid dienone is 2. The van der Waals surface area contributed by atoms with E-state index in [1.54, 1.807) is 6.20 Å². The van der Waals surface area contributed by atoms with E-state index in [2.05, 4.69) is 20.3 Å². The standard InChI is InChI=1S/C19H22F2N6O3S/c20-18(21)24-4-2-14(22)13-9-26-16(17-23-5-7-31-17)27-10-12(8-15(13)27)11-30-19(29)25-3-1-6-28/h2,4-7,12,18H,1,3,8-11,22H2,(H,25,29). The van der Waals surface area contributed by atoms with Crippen LogP contribution >= 0.6 is 11.3 Å². The number of thiazole rings is 1. The number of alkyl halides is 2. The number of nitrogens with one attached hydrogen (secondary N) is 1. The second-order valence-corrected chi connectivity index (χ2v) is 7.66. The van der Waals surface area contributed by atoms with Crippen LogP contribution in [0.3, 0.4) is 0 Å². The Balaban J connectivity index is 1.75. The lowest BCUT2D eigenvalue weighted by molar-refractivity contribution is -0.107. The number of halogens is 2. The van der Waals surface area contributed by atoms with E-state index in [1.807, 2.05) is 10.3 Å². The van der Waals surface area contributed by atoms with Gasteiger partial charge in [0, 0.05) is 60.2 Å². The van der Waals surface area contributed by atoms with Gasteiger partial charge in [-0.3, -0.25) is 4.99 Å². The number of alkyl carbamates (subject to hydrolysis) is 1. The normalized spacial score (nSPS) is 19.1. The molecule has 0 aromatic carbocycles. The summed E-state index contributed by atoms with van der Waals surface area (Å²) < 4.78 is 29.8. The molecule has 0 radical (unpaired) electrons. The number of nitrogens with zero attached hydrogens (tertiary/aromatic N) is 4. The minimum atomic E-state index is -2.80. The lowest BCUT2D eigenvalue weighted by Gasteiger charge is -2.27. The van der Waals surface area contributed by atoms with Crippen LogP contribution in [0.4, 0.5) is 13.6 Å². The molecule has 1 atom stereocenters. The maximum atomic E-state index is 12.3. The van der Waals surface area contributed by atoms with Crippen molar-refractivity contribution in [2.75, 3.05) is 26.2 Å². The van der Waals surface area contributed by atoms with Crippen molar-refractivity contribution in [3.63, 3.8) is 0 Å². The van der Waals surface area contributed by atoms with Gasteiger partial charge in [0.15, 0.2) is 10.8 Å². The van der Waals surface area contributed by atoms with Crippen LogP contribution in [0.1, 0.15) is 17.8 Å². The largest absolute Gasteiger partial charge is 0.449 e. The molecular formula is C19H22F2N6O3S. The lowest BCUT2D eigenvalue weighted by Crippen LogP contribution is -2.34. The quantitative estimate of drug-likeness (QED) is 0.256. The number of hydrogen-bond donors (Lipinski definition) is 2. The first kappa shape index (κ1) is 22.5. The summed E-state index contributed by atoms with van der Waals surface area (Å²) in [5, 5.41) is 5.12. The Morgan fingerprint density at radius 3 is 3.06 bits per heavy atom. The van der Waals surface area contributed by atoms with E-state index < -0.39 is 12.6 Å². The summed E-state index contributed by atoms with van der Waals surface area (Å²) in [5.74, 6) is 0.688. The van der Waals surface area contributed by atoms with Crippen molar-refractivity contribution in [3.8, 4) is 0 Å². The van der Waals surface area contributed by atoms with Gasteiger partial charge in [0.25, 0.3) is 0 Å². The van der Waals surface area contributed by atoms with Gasteiger partial charge in [0.05, 0.1) is 13.2 Å². The Morgan fingerprint density at radius 1 is 1.52 bits per heavy atom. The molecule has 1 aromatic rings. The first-order valence-corrected chi connectivity index (χ1v) is 10.4. The maximum Gasteiger partial charge on any atom is 0.407 e. The number of aldehydes is 1. The molecule has 2 aliphatic heterocycles. The van der Waals surface area contributed by atoms with Gasteiger partial charge in [-0.15, -0.1) is 11.3 Å². The molecule has 1 fully saturated rings. The van der Waals surface area contributed by atoms with Gasteiger partial charge in [0.1, 0.15) is 6.29 Å². The SMILES string of the molecule is NC(=CC=NC(F)F)C1=C2CC(COC(=O)NCCC=O)CN2C(c2nccs2)=NC1. The van der Waals surface area contributed by atoms with Crippen LogP contribution in [-0.2, 0) is 9.53 Å². The van der Waals surface area contributed by atoms with E-state index in [4.69, 9.17) is 10.5 Å². The van der Waals surface area contributed by atoms with Crippen LogP contribution in [0.15, 0.2) is 44.6 Å². The van der Waals surface area contributed by atoms with E-state index in [9.17, 15) is 18.4 Å². The summed E-state index contributed by atoms with van der Waals surface area (Å²) in [7, 11) is 0. The van der Waals surface area contributed by atoms with Crippen molar-refractivity contribution in [2.24, 2.45) is 21.6 Å². The van der Waals surface area contributed by atoms with E-state index in [-0.39, 0.29) is 32.0 Å². The zero-order chi connectivity index (χ0) is 22.2. The third-order valence-electron chi connectivity index (χ3n) is 4.65. The summed E-state index contributed by atoms with van der Waals surface area (Å²) in [4.78, 5) is 36.0. The fourth-order valence-electron chi connectivity index (χ4n) is 3.30. The zero-order valence-electron chi connectivity index (χ0n) is 16.5. The van der Waals surface area contributed by atoms with Crippen molar-refractivity contribution in [1.29, 1.82) is 0 Å². The monoisotopic (exact) mass is 452 g/mol. The van der Waals surface area contributed by atoms with E-state index >= 15 is 0 Å². The highest BCUT2D eigenvalue weighted by Crippen LogP contribution is 2.35. The van der Waals surface area contributed by atoms with Gasteiger partial charge in [-0.25, -0.2) is 14.8 Å². The second-order valence-electron chi connectivity index (χ2n) is 6.76. The molecule has 2 aliphatic rings. The first-order chi connectivity index (χ1) is 15.0. The van der Waals surface area contributed by atoms with Crippen LogP contribution in [0.2, 0.25) is 0 Å². The molecule has 166 valence electrons. The number of aliphatic imine (C=N–C) groups is 2. The minimum Gasteiger partial charge on any atom is -0.449 e. The van der Waals surface area contributed by atoms with Gasteiger partial charge in [-0.05, 0) is 12.5 Å². The topological polar surface area (TPSA) is 122 Å². The molecule has 0 aliphatic carbocycles. The number of hydrogen-bond acceptors (Lipinski definition) is 9. The fourth-order valence-corrected chi connectivity index (χ4v) is 3.95. The van der Waals surface area contributed by atoms with Gasteiger partial charge in [0.2, 0.25) is 0 Å². The van der Waals surface area contributed by atoms with E-state index in [1.165, 1.54) is 17.4 Å². The average molecular weight is 452 g/mol. The summed E-state index contributed by atoms with van der Waals surface area (Å²) in [5.41, 5.74) is 8.05. The average Bonchev–Trinajstić information content (AvgIpc) is 3.41. The van der Waals surface area contributed by atoms with Crippen LogP contribution in [-0.4, -0.2) is 67.1 Å². The number of carbonyl (C=O) groups is 2. The first-order valence-electron chi connectivity index (χ1n) is 9.55. The van der Waals surface area contributed by atoms with Gasteiger partial charge in [-0.2, -0.15) is 8.78 Å². The van der Waals surface area contributed by atoms with Crippen molar-refractivity contribution < 1.29 is 23.1 Å². The number of nitrogens with two attached hydrogens (primary N) is 1. The van der Waals surface area contributed by atoms with Gasteiger partial charge < -0.3 is 25.5 Å². The number of amidine groups is 1. The van der Waals surface area contributed by atoms with Gasteiger partial charge in [-0.1, -0.05) is 0 Å². The summed E-state index contributed by atoms with van der Waals surface area (Å²) in [6, 6.07) is 0. The molecule has 12 heteroatoms. The Labute approximate surface area is 181 Å². The molecule has 1 unspecified atom stereocenters. The third-order valence-corrected chi connectivity index (χ3v) is 5.42. The third kappa shape index (κ3) is 5.94. The van der Waals surface area contributed by atoms with Crippen molar-refractivity contribution in [2.45, 2.75) is 19.4 Å². The molecule has 1 amide bonds. The van der Waals surface area contributed by atoms with E-state index in [0.717, 1.165) is 22.5 Å². The smallest absolute Gasteiger partial charge is 0.407 e. The summed E-state index contributed by atoms with van der Waals surface area (Å²) >= 11 is 1.46. The lowest BCUT2D eigenvalue weighted by atomic mass is 10.0. The molecule has 31 heavy (non-hydrogen) atoms. The Hall–Kier alpha value is -3.15. The summed E-state index contributed by atoms with van der Waals surface area (Å²) in [6.45, 7) is -1.59. The van der Waals surface area contributed by atoms with Crippen LogP contribution in [0, 0.1) is 5.92 Å². The Morgan fingerprint density at radius 2 is 2.35 bits per heavy atom. The second kappa shape index (κ2) is 10.8. The highest BCUT2D eigenvalue weighted by molar-refractivity contribution is 7.11. The summed E-state index contributed by atoms with van der Waals surface area (Å²) in [6.07, 6.45) is 4.93. The van der Waals surface area contributed by atoms with Crippen LogP contribution < -0.4 is 11.1 Å². The predicted molar refractivity (Wildman–Crippen MR) is 112 cm³/mol. The highest BCUT2D eigenvalue weighted by Gasteiger charge is 2.36. The molecule has 9 nitrogen and oxygen atoms in total. The maximum absolute atomic E-state index is 12.3. The number of aromatic nitrogens is 1. The fraction of sp³-hybridized carbons (Fsp3) is 0.421. The number of amides is 1. The van der Waals surface area contributed by atoms with Crippen molar-refractivity contribution in [1.82, 2.24) is 15.2 Å². The zero-order valence-corrected chi connectivity index (χ0v) is 17.4. The molecule has 3 rings (SSSR count). The molecular weight excluding hydrogens is 430 g/mol. The number of carbonyl (C=O) groups excluding carboxylic acids is 2. The molecule has 1 aromatic heterocycles. The Kier molecular flexibility index (Phi) is 7.82.